The lowest BCUT2D eigenvalue weighted by molar-refractivity contribution is -0.120. The number of benzene rings is 2. The number of piperazine rings is 1. The van der Waals surface area contributed by atoms with Crippen LogP contribution in [0, 0.1) is 5.82 Å². The third-order valence-corrected chi connectivity index (χ3v) is 8.05. The molecule has 10 heteroatoms. The average Bonchev–Trinajstić information content (AvgIpc) is 3.52. The van der Waals surface area contributed by atoms with Gasteiger partial charge in [-0.15, -0.1) is 0 Å². The first-order chi connectivity index (χ1) is 20.7. The molecule has 1 aliphatic carbocycles. The number of carbonyl (C=O) groups excluding carboxylic acids is 2. The van der Waals surface area contributed by atoms with E-state index in [1.807, 2.05) is 50.0 Å². The van der Waals surface area contributed by atoms with Crippen molar-refractivity contribution in [1.29, 1.82) is 0 Å². The molecule has 9 nitrogen and oxygen atoms in total. The molecule has 0 radical (unpaired) electrons. The van der Waals surface area contributed by atoms with Crippen LogP contribution in [0.1, 0.15) is 35.7 Å². The van der Waals surface area contributed by atoms with Crippen molar-refractivity contribution < 1.29 is 28.2 Å². The Hall–Kier alpha value is -4.57. The van der Waals surface area contributed by atoms with Crippen molar-refractivity contribution in [2.24, 2.45) is 7.05 Å². The molecule has 1 aromatic heterocycles. The van der Waals surface area contributed by atoms with E-state index in [4.69, 9.17) is 14.2 Å². The first-order valence-corrected chi connectivity index (χ1v) is 14.2. The molecular formula is C33H37FN4O5. The summed E-state index contributed by atoms with van der Waals surface area (Å²) in [6.07, 6.45) is 3.52. The highest BCUT2D eigenvalue weighted by Crippen LogP contribution is 2.45. The molecule has 226 valence electrons. The molecular weight excluding hydrogens is 551 g/mol. The lowest BCUT2D eigenvalue weighted by Gasteiger charge is -2.31. The number of hydrogen-bond acceptors (Lipinski definition) is 6. The number of hydrogen-bond donors (Lipinski definition) is 1. The van der Waals surface area contributed by atoms with Gasteiger partial charge in [0.05, 0.1) is 27.2 Å². The maximum absolute atomic E-state index is 14.4. The van der Waals surface area contributed by atoms with Gasteiger partial charge in [0, 0.05) is 45.1 Å². The molecule has 1 saturated heterocycles. The normalized spacial score (nSPS) is 16.0. The molecule has 2 aromatic carbocycles. The summed E-state index contributed by atoms with van der Waals surface area (Å²) in [5.41, 5.74) is 5.72. The summed E-state index contributed by atoms with van der Waals surface area (Å²) in [6, 6.07) is 12.0. The first kappa shape index (κ1) is 29.9. The second-order valence-corrected chi connectivity index (χ2v) is 10.8. The predicted molar refractivity (Wildman–Crippen MR) is 163 cm³/mol. The molecule has 1 N–H and O–H groups in total. The van der Waals surface area contributed by atoms with Crippen molar-refractivity contribution in [3.63, 3.8) is 0 Å². The number of aromatic nitrogens is 1. The lowest BCUT2D eigenvalue weighted by atomic mass is 10.00. The van der Waals surface area contributed by atoms with Crippen LogP contribution in [0.25, 0.3) is 17.2 Å². The van der Waals surface area contributed by atoms with E-state index in [1.165, 1.54) is 26.4 Å². The topological polar surface area (TPSA) is 85.3 Å². The number of carbonyl (C=O) groups is 2. The number of aryl methyl sites for hydroxylation is 1. The molecule has 5 rings (SSSR count). The van der Waals surface area contributed by atoms with Crippen molar-refractivity contribution in [1.82, 2.24) is 19.7 Å². The summed E-state index contributed by atoms with van der Waals surface area (Å²) in [5, 5.41) is 2.97. The summed E-state index contributed by atoms with van der Waals surface area (Å²) in [7, 11) is 6.95. The van der Waals surface area contributed by atoms with E-state index >= 15 is 0 Å². The minimum Gasteiger partial charge on any atom is -0.493 e. The van der Waals surface area contributed by atoms with E-state index in [0.717, 1.165) is 46.6 Å². The number of likely N-dealkylation sites (N-methyl/N-ethyl adjacent to an activating group) is 1. The van der Waals surface area contributed by atoms with Crippen LogP contribution in [0.4, 0.5) is 9.18 Å². The third kappa shape index (κ3) is 6.44. The van der Waals surface area contributed by atoms with Gasteiger partial charge in [0.25, 0.3) is 0 Å². The highest BCUT2D eigenvalue weighted by Gasteiger charge is 2.27. The number of ether oxygens (including phenoxy) is 3. The average molecular weight is 589 g/mol. The van der Waals surface area contributed by atoms with Gasteiger partial charge >= 0.3 is 6.09 Å². The molecule has 0 unspecified atom stereocenters. The van der Waals surface area contributed by atoms with Crippen LogP contribution in [0.5, 0.6) is 17.2 Å². The van der Waals surface area contributed by atoms with E-state index in [9.17, 15) is 14.0 Å². The van der Waals surface area contributed by atoms with Gasteiger partial charge < -0.3 is 33.9 Å². The molecule has 0 spiro atoms. The van der Waals surface area contributed by atoms with Crippen LogP contribution in [-0.2, 0) is 18.4 Å². The van der Waals surface area contributed by atoms with Crippen LogP contribution < -0.4 is 19.5 Å². The second kappa shape index (κ2) is 12.7. The fourth-order valence-electron chi connectivity index (χ4n) is 5.47. The number of methoxy groups -OCH3 is 2. The molecule has 1 aliphatic heterocycles. The smallest absolute Gasteiger partial charge is 0.415 e. The number of nitrogens with zero attached hydrogens (tertiary/aromatic N) is 3. The van der Waals surface area contributed by atoms with Gasteiger partial charge in [0.2, 0.25) is 11.7 Å². The number of allylic oxidation sites excluding steroid dienone is 2. The van der Waals surface area contributed by atoms with E-state index in [-0.39, 0.29) is 23.9 Å². The summed E-state index contributed by atoms with van der Waals surface area (Å²) in [5.74, 6) is 0.361. The molecule has 3 aromatic rings. The minimum atomic E-state index is -0.462. The summed E-state index contributed by atoms with van der Waals surface area (Å²) < 4.78 is 33.4. The zero-order valence-corrected chi connectivity index (χ0v) is 25.2. The quantitative estimate of drug-likeness (QED) is 0.401. The third-order valence-electron chi connectivity index (χ3n) is 8.05. The van der Waals surface area contributed by atoms with Crippen molar-refractivity contribution in [3.8, 4) is 17.2 Å². The van der Waals surface area contributed by atoms with Gasteiger partial charge in [0.15, 0.2) is 11.5 Å². The summed E-state index contributed by atoms with van der Waals surface area (Å²) in [4.78, 5) is 29.7. The van der Waals surface area contributed by atoms with Crippen LogP contribution in [0.2, 0.25) is 0 Å². The predicted octanol–water partition coefficient (Wildman–Crippen LogP) is 4.96. The van der Waals surface area contributed by atoms with E-state index in [2.05, 4.69) is 10.2 Å². The molecule has 0 saturated carbocycles. The van der Waals surface area contributed by atoms with Gasteiger partial charge in [-0.3, -0.25) is 4.79 Å². The van der Waals surface area contributed by atoms with Crippen LogP contribution >= 0.6 is 0 Å². The maximum atomic E-state index is 14.4. The fraction of sp³-hybridized carbons (Fsp3) is 0.333. The van der Waals surface area contributed by atoms with Crippen LogP contribution in [-0.4, -0.2) is 73.8 Å². The van der Waals surface area contributed by atoms with Crippen molar-refractivity contribution in [2.45, 2.75) is 19.9 Å². The number of halogens is 1. The Morgan fingerprint density at radius 2 is 1.67 bits per heavy atom. The monoisotopic (exact) mass is 588 g/mol. The minimum absolute atomic E-state index is 0.109. The maximum Gasteiger partial charge on any atom is 0.415 e. The Morgan fingerprint density at radius 1 is 0.977 bits per heavy atom. The molecule has 0 bridgehead atoms. The highest BCUT2D eigenvalue weighted by molar-refractivity contribution is 6.08. The van der Waals surface area contributed by atoms with Crippen LogP contribution in [0.15, 0.2) is 54.2 Å². The van der Waals surface area contributed by atoms with Gasteiger partial charge in [-0.2, -0.15) is 0 Å². The number of nitrogens with one attached hydrogen (secondary N) is 1. The number of fused-ring (bicyclic) bond motifs is 1. The SMILES string of the molecule is COc1cc(/C=C2/C(C)=C(CC(=O)NCc3cccn3C)c3cc(F)ccc32)cc(OC)c1OC(=O)N1CCN(C)CC1. The summed E-state index contributed by atoms with van der Waals surface area (Å²) >= 11 is 0. The zero-order chi connectivity index (χ0) is 30.7. The highest BCUT2D eigenvalue weighted by atomic mass is 19.1. The Labute approximate surface area is 251 Å². The molecule has 2 amide bonds. The fourth-order valence-corrected chi connectivity index (χ4v) is 5.47. The molecule has 0 atom stereocenters. The van der Waals surface area contributed by atoms with Crippen LogP contribution in [0.3, 0.4) is 0 Å². The molecule has 1 fully saturated rings. The molecule has 43 heavy (non-hydrogen) atoms. The number of rotatable bonds is 8. The molecule has 2 aliphatic rings. The van der Waals surface area contributed by atoms with Gasteiger partial charge in [-0.05, 0) is 89.9 Å². The Balaban J connectivity index is 1.43. The van der Waals surface area contributed by atoms with E-state index in [0.29, 0.717) is 36.7 Å². The van der Waals surface area contributed by atoms with Gasteiger partial charge in [0.1, 0.15) is 5.82 Å². The summed E-state index contributed by atoms with van der Waals surface area (Å²) in [6.45, 7) is 5.02. The Morgan fingerprint density at radius 3 is 2.30 bits per heavy atom. The Kier molecular flexibility index (Phi) is 8.86. The lowest BCUT2D eigenvalue weighted by Crippen LogP contribution is -2.48. The van der Waals surface area contributed by atoms with Crippen molar-refractivity contribution in [2.75, 3.05) is 47.4 Å². The van der Waals surface area contributed by atoms with Gasteiger partial charge in [-0.25, -0.2) is 9.18 Å². The van der Waals surface area contributed by atoms with E-state index < -0.39 is 6.09 Å². The van der Waals surface area contributed by atoms with Crippen molar-refractivity contribution in [3.05, 3.63) is 82.4 Å². The largest absolute Gasteiger partial charge is 0.493 e. The van der Waals surface area contributed by atoms with Gasteiger partial charge in [-0.1, -0.05) is 6.07 Å². The zero-order valence-electron chi connectivity index (χ0n) is 25.2. The number of amides is 2. The second-order valence-electron chi connectivity index (χ2n) is 10.8. The standard InChI is InChI=1S/C33H37FN4O5/c1-21-26(25-9-8-23(34)18-28(25)27(21)19-31(39)35-20-24-7-6-10-37(24)3)15-22-16-29(41-4)32(30(17-22)42-5)43-33(40)38-13-11-36(2)12-14-38/h6-10,15-18H,11-14,19-20H2,1-5H3,(H,35,39)/b26-15-. The first-order valence-electron chi connectivity index (χ1n) is 14.2. The Bertz CT molecular complexity index is 1580. The van der Waals surface area contributed by atoms with Crippen molar-refractivity contribution >= 4 is 29.2 Å². The molecule has 2 heterocycles. The van der Waals surface area contributed by atoms with E-state index in [1.54, 1.807) is 23.1 Å².